The predicted molar refractivity (Wildman–Crippen MR) is 91.5 cm³/mol. The smallest absolute Gasteiger partial charge is 0.167 e. The molecule has 0 aliphatic heterocycles. The summed E-state index contributed by atoms with van der Waals surface area (Å²) in [6, 6.07) is 9.23. The lowest BCUT2D eigenvalue weighted by Crippen LogP contribution is -2.07. The summed E-state index contributed by atoms with van der Waals surface area (Å²) in [5.41, 5.74) is 6.85. The van der Waals surface area contributed by atoms with Gasteiger partial charge in [0.2, 0.25) is 0 Å². The van der Waals surface area contributed by atoms with Gasteiger partial charge in [-0.2, -0.15) is 15.6 Å². The first-order chi connectivity index (χ1) is 12.1. The zero-order chi connectivity index (χ0) is 18.4. The summed E-state index contributed by atoms with van der Waals surface area (Å²) < 4.78 is 11.9. The molecule has 0 spiro atoms. The second-order valence-electron chi connectivity index (χ2n) is 4.92. The van der Waals surface area contributed by atoms with E-state index in [0.29, 0.717) is 17.1 Å². The fourth-order valence-corrected chi connectivity index (χ4v) is 2.37. The van der Waals surface area contributed by atoms with E-state index in [1.807, 2.05) is 12.1 Å². The van der Waals surface area contributed by atoms with Gasteiger partial charge in [0.05, 0.1) is 32.9 Å². The highest BCUT2D eigenvalue weighted by Crippen LogP contribution is 2.34. The Morgan fingerprint density at radius 1 is 1.36 bits per heavy atom. The molecule has 0 saturated heterocycles. The van der Waals surface area contributed by atoms with Crippen LogP contribution >= 0.6 is 0 Å². The van der Waals surface area contributed by atoms with Crippen LogP contribution in [0.15, 0.2) is 18.2 Å². The van der Waals surface area contributed by atoms with Gasteiger partial charge in [0.1, 0.15) is 29.2 Å². The minimum Gasteiger partial charge on any atom is -0.493 e. The van der Waals surface area contributed by atoms with Crippen molar-refractivity contribution < 1.29 is 14.6 Å². The zero-order valence-electron chi connectivity index (χ0n) is 13.9. The number of methoxy groups -OCH3 is 2. The topological polar surface area (TPSA) is 130 Å². The number of aliphatic hydroxyl groups excluding tert-OH is 1. The molecule has 1 aromatic carbocycles. The number of hydrogen-bond donors (Lipinski definition) is 2. The zero-order valence-corrected chi connectivity index (χ0v) is 13.9. The minimum atomic E-state index is -0.189. The molecule has 25 heavy (non-hydrogen) atoms. The third kappa shape index (κ3) is 3.39. The summed E-state index contributed by atoms with van der Waals surface area (Å²) in [5, 5.41) is 32.1. The molecular formula is C17H17N5O3. The molecule has 3 N–H and O–H groups in total. The van der Waals surface area contributed by atoms with Gasteiger partial charge in [-0.3, -0.25) is 0 Å². The Labute approximate surface area is 144 Å². The number of anilines is 1. The molecule has 0 atom stereocenters. The monoisotopic (exact) mass is 339 g/mol. The third-order valence-corrected chi connectivity index (χ3v) is 3.52. The van der Waals surface area contributed by atoms with E-state index in [1.54, 1.807) is 24.3 Å². The Kier molecular flexibility index (Phi) is 5.62. The van der Waals surface area contributed by atoms with Gasteiger partial charge in [-0.25, -0.2) is 4.68 Å². The molecule has 1 aromatic heterocycles. The van der Waals surface area contributed by atoms with Crippen molar-refractivity contribution in [3.8, 4) is 23.6 Å². The molecule has 128 valence electrons. The number of nitrogen functional groups attached to an aromatic ring is 1. The fourth-order valence-electron chi connectivity index (χ4n) is 2.37. The molecule has 2 rings (SSSR count). The standard InChI is InChI=1S/C17H17N5O3/c1-24-14-5-3-4-11(16(14)25-2)8-12(9-18)15-13(10-19)17(20)22(21-15)6-7-23/h3-5,8,23H,6-7,20H2,1-2H3/b12-8+. The van der Waals surface area contributed by atoms with Gasteiger partial charge in [-0.1, -0.05) is 12.1 Å². The van der Waals surface area contributed by atoms with Gasteiger partial charge < -0.3 is 20.3 Å². The maximum Gasteiger partial charge on any atom is 0.167 e. The molecule has 1 heterocycles. The number of rotatable bonds is 6. The average molecular weight is 339 g/mol. The summed E-state index contributed by atoms with van der Waals surface area (Å²) in [4.78, 5) is 0. The lowest BCUT2D eigenvalue weighted by molar-refractivity contribution is 0.270. The molecule has 2 aromatic rings. The Morgan fingerprint density at radius 2 is 2.12 bits per heavy atom. The van der Waals surface area contributed by atoms with E-state index in [0.717, 1.165) is 0 Å². The van der Waals surface area contributed by atoms with Crippen LogP contribution < -0.4 is 15.2 Å². The summed E-state index contributed by atoms with van der Waals surface area (Å²) >= 11 is 0. The van der Waals surface area contributed by atoms with Crippen LogP contribution in [0.4, 0.5) is 5.82 Å². The second kappa shape index (κ2) is 7.86. The molecular weight excluding hydrogens is 322 g/mol. The highest BCUT2D eigenvalue weighted by molar-refractivity contribution is 5.92. The van der Waals surface area contributed by atoms with E-state index < -0.39 is 0 Å². The SMILES string of the molecule is COc1cccc(/C=C(\C#N)c2nn(CCO)c(N)c2C#N)c1OC. The van der Waals surface area contributed by atoms with Crippen molar-refractivity contribution in [3.63, 3.8) is 0 Å². The Hall–Kier alpha value is -3.49. The largest absolute Gasteiger partial charge is 0.493 e. The van der Waals surface area contributed by atoms with Crippen LogP contribution in [0.5, 0.6) is 11.5 Å². The van der Waals surface area contributed by atoms with Gasteiger partial charge in [-0.15, -0.1) is 0 Å². The van der Waals surface area contributed by atoms with Gasteiger partial charge in [-0.05, 0) is 12.1 Å². The molecule has 0 aliphatic rings. The maximum absolute atomic E-state index is 9.54. The van der Waals surface area contributed by atoms with Crippen molar-refractivity contribution in [2.75, 3.05) is 26.6 Å². The molecule has 0 aliphatic carbocycles. The number of para-hydroxylation sites is 1. The Balaban J connectivity index is 2.63. The lowest BCUT2D eigenvalue weighted by atomic mass is 10.0. The fraction of sp³-hybridized carbons (Fsp3) is 0.235. The third-order valence-electron chi connectivity index (χ3n) is 3.52. The molecule has 8 nitrogen and oxygen atoms in total. The van der Waals surface area contributed by atoms with Crippen molar-refractivity contribution in [2.24, 2.45) is 0 Å². The lowest BCUT2D eigenvalue weighted by Gasteiger charge is -2.10. The predicted octanol–water partition coefficient (Wildman–Crippen LogP) is 1.41. The van der Waals surface area contributed by atoms with Crippen LogP contribution in [0.2, 0.25) is 0 Å². The summed E-state index contributed by atoms with van der Waals surface area (Å²) in [5.74, 6) is 1.07. The van der Waals surface area contributed by atoms with Crippen molar-refractivity contribution in [1.29, 1.82) is 10.5 Å². The van der Waals surface area contributed by atoms with Crippen molar-refractivity contribution in [1.82, 2.24) is 9.78 Å². The second-order valence-corrected chi connectivity index (χ2v) is 4.92. The number of allylic oxidation sites excluding steroid dienone is 1. The number of nitrogens with zero attached hydrogens (tertiary/aromatic N) is 4. The van der Waals surface area contributed by atoms with Crippen LogP contribution in [-0.4, -0.2) is 35.7 Å². The number of aromatic nitrogens is 2. The van der Waals surface area contributed by atoms with Gasteiger partial charge in [0.15, 0.2) is 11.5 Å². The Bertz CT molecular complexity index is 887. The molecule has 0 fully saturated rings. The molecule has 0 saturated carbocycles. The summed E-state index contributed by atoms with van der Waals surface area (Å²) in [6.45, 7) is -0.0623. The normalized spacial score (nSPS) is 10.8. The van der Waals surface area contributed by atoms with Crippen molar-refractivity contribution in [2.45, 2.75) is 6.54 Å². The van der Waals surface area contributed by atoms with E-state index in [9.17, 15) is 10.5 Å². The van der Waals surface area contributed by atoms with Gasteiger partial charge >= 0.3 is 0 Å². The summed E-state index contributed by atoms with van der Waals surface area (Å²) in [7, 11) is 3.01. The first kappa shape index (κ1) is 17.9. The number of ether oxygens (including phenoxy) is 2. The Morgan fingerprint density at radius 3 is 2.68 bits per heavy atom. The van der Waals surface area contributed by atoms with E-state index >= 15 is 0 Å². The van der Waals surface area contributed by atoms with E-state index in [4.69, 9.17) is 20.3 Å². The molecule has 0 bridgehead atoms. The van der Waals surface area contributed by atoms with Crippen molar-refractivity contribution in [3.05, 3.63) is 35.0 Å². The summed E-state index contributed by atoms with van der Waals surface area (Å²) in [6.07, 6.45) is 1.55. The quantitative estimate of drug-likeness (QED) is 0.761. The highest BCUT2D eigenvalue weighted by Gasteiger charge is 2.19. The van der Waals surface area contributed by atoms with E-state index in [-0.39, 0.29) is 35.8 Å². The van der Waals surface area contributed by atoms with Crippen LogP contribution in [0.25, 0.3) is 11.6 Å². The van der Waals surface area contributed by atoms with Crippen LogP contribution in [0.3, 0.4) is 0 Å². The first-order valence-electron chi connectivity index (χ1n) is 7.31. The number of nitrogens with two attached hydrogens (primary N) is 1. The molecule has 0 radical (unpaired) electrons. The van der Waals surface area contributed by atoms with E-state index in [1.165, 1.54) is 18.9 Å². The average Bonchev–Trinajstić information content (AvgIpc) is 2.95. The number of nitriles is 2. The number of benzene rings is 1. The van der Waals surface area contributed by atoms with Crippen LogP contribution in [-0.2, 0) is 6.54 Å². The first-order valence-corrected chi connectivity index (χ1v) is 7.31. The maximum atomic E-state index is 9.54. The molecule has 8 heteroatoms. The van der Waals surface area contributed by atoms with Crippen molar-refractivity contribution >= 4 is 17.5 Å². The minimum absolute atomic E-state index is 0.0862. The van der Waals surface area contributed by atoms with Gasteiger partial charge in [0, 0.05) is 5.56 Å². The van der Waals surface area contributed by atoms with Crippen LogP contribution in [0, 0.1) is 22.7 Å². The van der Waals surface area contributed by atoms with Gasteiger partial charge in [0.25, 0.3) is 0 Å². The molecule has 0 amide bonds. The number of hydrogen-bond acceptors (Lipinski definition) is 7. The highest BCUT2D eigenvalue weighted by atomic mass is 16.5. The van der Waals surface area contributed by atoms with Crippen LogP contribution in [0.1, 0.15) is 16.8 Å². The van der Waals surface area contributed by atoms with E-state index in [2.05, 4.69) is 5.10 Å². The number of aliphatic hydroxyl groups is 1. The molecule has 0 unspecified atom stereocenters.